The van der Waals surface area contributed by atoms with Gasteiger partial charge in [0.1, 0.15) is 0 Å². The zero-order chi connectivity index (χ0) is 34.2. The summed E-state index contributed by atoms with van der Waals surface area (Å²) in [7, 11) is 0. The highest BCUT2D eigenvalue weighted by atomic mass is 15.2. The molecule has 0 aliphatic rings. The molecule has 5 rings (SSSR count). The Kier molecular flexibility index (Phi) is 11.8. The van der Waals surface area contributed by atoms with Crippen molar-refractivity contribution in [1.29, 1.82) is 0 Å². The van der Waals surface area contributed by atoms with E-state index >= 15 is 0 Å². The molecule has 0 aromatic heterocycles. The van der Waals surface area contributed by atoms with Gasteiger partial charge < -0.3 is 9.80 Å². The van der Waals surface area contributed by atoms with Crippen LogP contribution in [-0.2, 0) is 25.7 Å². The Balaban J connectivity index is 1.53. The van der Waals surface area contributed by atoms with E-state index in [2.05, 4.69) is 187 Å². The first kappa shape index (κ1) is 35.0. The first-order valence-electron chi connectivity index (χ1n) is 18.1. The van der Waals surface area contributed by atoms with Gasteiger partial charge in [0.05, 0.1) is 0 Å². The molecule has 0 spiro atoms. The van der Waals surface area contributed by atoms with Crippen molar-refractivity contribution in [2.75, 3.05) is 9.80 Å². The van der Waals surface area contributed by atoms with Crippen molar-refractivity contribution in [1.82, 2.24) is 0 Å². The molecule has 0 saturated heterocycles. The number of rotatable bonds is 14. The second-order valence-electron chi connectivity index (χ2n) is 15.2. The fourth-order valence-corrected chi connectivity index (χ4v) is 6.66. The van der Waals surface area contributed by atoms with E-state index in [4.69, 9.17) is 0 Å². The molecule has 0 atom stereocenters. The van der Waals surface area contributed by atoms with Crippen LogP contribution in [-0.4, -0.2) is 0 Å². The lowest BCUT2D eigenvalue weighted by Crippen LogP contribution is -2.12. The van der Waals surface area contributed by atoms with Crippen molar-refractivity contribution in [3.63, 3.8) is 0 Å². The largest absolute Gasteiger partial charge is 0.311 e. The van der Waals surface area contributed by atoms with Crippen LogP contribution in [0.2, 0.25) is 0 Å². The molecule has 0 heterocycles. The van der Waals surface area contributed by atoms with Crippen LogP contribution in [0.3, 0.4) is 0 Å². The zero-order valence-electron chi connectivity index (χ0n) is 30.6. The molecule has 0 saturated carbocycles. The molecule has 2 heteroatoms. The molecule has 250 valence electrons. The van der Waals surface area contributed by atoms with Gasteiger partial charge in [-0.1, -0.05) is 104 Å². The van der Waals surface area contributed by atoms with Crippen molar-refractivity contribution >= 4 is 34.1 Å². The van der Waals surface area contributed by atoms with E-state index in [-0.39, 0.29) is 0 Å². The van der Waals surface area contributed by atoms with Crippen molar-refractivity contribution in [2.24, 2.45) is 23.7 Å². The van der Waals surface area contributed by atoms with Gasteiger partial charge in [0.25, 0.3) is 0 Å². The molecular weight excluding hydrogens is 581 g/mol. The Morgan fingerprint density at radius 2 is 0.417 bits per heavy atom. The Hall–Kier alpha value is -4.30. The van der Waals surface area contributed by atoms with E-state index in [0.29, 0.717) is 23.7 Å². The molecule has 0 aliphatic carbocycles. The third kappa shape index (κ3) is 9.41. The number of anilines is 6. The second kappa shape index (κ2) is 16.2. The van der Waals surface area contributed by atoms with E-state index in [9.17, 15) is 0 Å². The van der Waals surface area contributed by atoms with Crippen LogP contribution in [0.5, 0.6) is 0 Å². The second-order valence-corrected chi connectivity index (χ2v) is 15.2. The standard InChI is InChI=1S/C46H56N2/c1-33(2)29-37-9-17-41(18-10-37)47(42-19-11-38(12-20-42)30-34(3)4)45-25-27-46(28-26-45)48(43-21-13-39(14-22-43)31-35(5)6)44-23-15-40(16-24-44)32-36(7)8/h9-28,33-36H,29-32H2,1-8H3. The predicted molar refractivity (Wildman–Crippen MR) is 210 cm³/mol. The average Bonchev–Trinajstić information content (AvgIpc) is 3.04. The van der Waals surface area contributed by atoms with E-state index in [1.54, 1.807) is 0 Å². The first-order chi connectivity index (χ1) is 23.0. The van der Waals surface area contributed by atoms with Gasteiger partial charge in [-0.05, 0) is 144 Å². The average molecular weight is 637 g/mol. The van der Waals surface area contributed by atoms with Crippen molar-refractivity contribution < 1.29 is 0 Å². The van der Waals surface area contributed by atoms with Gasteiger partial charge in [-0.2, -0.15) is 0 Å². The molecule has 0 bridgehead atoms. The smallest absolute Gasteiger partial charge is 0.0463 e. The molecule has 0 aliphatic heterocycles. The van der Waals surface area contributed by atoms with E-state index in [0.717, 1.165) is 37.1 Å². The lowest BCUT2D eigenvalue weighted by atomic mass is 10.0. The molecule has 48 heavy (non-hydrogen) atoms. The molecule has 0 fully saturated rings. The minimum Gasteiger partial charge on any atom is -0.311 e. The van der Waals surface area contributed by atoms with Crippen LogP contribution < -0.4 is 9.80 Å². The van der Waals surface area contributed by atoms with Crippen LogP contribution in [0, 0.1) is 23.7 Å². The lowest BCUT2D eigenvalue weighted by Gasteiger charge is -2.29. The topological polar surface area (TPSA) is 6.48 Å². The number of hydrogen-bond donors (Lipinski definition) is 0. The quantitative estimate of drug-likeness (QED) is 0.120. The van der Waals surface area contributed by atoms with E-state index < -0.39 is 0 Å². The molecule has 0 N–H and O–H groups in total. The normalized spacial score (nSPS) is 11.6. The zero-order valence-corrected chi connectivity index (χ0v) is 30.6. The highest BCUT2D eigenvalue weighted by molar-refractivity contribution is 5.81. The summed E-state index contributed by atoms with van der Waals surface area (Å²) in [5.41, 5.74) is 12.5. The van der Waals surface area contributed by atoms with Gasteiger partial charge in [-0.25, -0.2) is 0 Å². The van der Waals surface area contributed by atoms with Crippen molar-refractivity contribution in [2.45, 2.75) is 81.1 Å². The van der Waals surface area contributed by atoms with Gasteiger partial charge in [0.2, 0.25) is 0 Å². The first-order valence-corrected chi connectivity index (χ1v) is 18.1. The van der Waals surface area contributed by atoms with Gasteiger partial charge in [0.15, 0.2) is 0 Å². The van der Waals surface area contributed by atoms with Gasteiger partial charge in [-0.15, -0.1) is 0 Å². The summed E-state index contributed by atoms with van der Waals surface area (Å²) in [6.45, 7) is 18.3. The minimum absolute atomic E-state index is 0.633. The molecular formula is C46H56N2. The number of nitrogens with zero attached hydrogens (tertiary/aromatic N) is 2. The maximum Gasteiger partial charge on any atom is 0.0463 e. The van der Waals surface area contributed by atoms with Crippen LogP contribution in [0.25, 0.3) is 0 Å². The SMILES string of the molecule is CC(C)Cc1ccc(N(c2ccc(CC(C)C)cc2)c2ccc(N(c3ccc(CC(C)C)cc3)c3ccc(CC(C)C)cc3)cc2)cc1. The maximum atomic E-state index is 2.38. The Labute approximate surface area is 291 Å². The summed E-state index contributed by atoms with van der Waals surface area (Å²) in [4.78, 5) is 4.77. The highest BCUT2D eigenvalue weighted by Crippen LogP contribution is 2.39. The molecule has 2 nitrogen and oxygen atoms in total. The van der Waals surface area contributed by atoms with Crippen molar-refractivity contribution in [3.05, 3.63) is 144 Å². The lowest BCUT2D eigenvalue weighted by molar-refractivity contribution is 0.647. The molecule has 0 unspecified atom stereocenters. The minimum atomic E-state index is 0.633. The van der Waals surface area contributed by atoms with E-state index in [1.807, 2.05) is 0 Å². The van der Waals surface area contributed by atoms with Gasteiger partial charge in [0, 0.05) is 34.1 Å². The van der Waals surface area contributed by atoms with E-state index in [1.165, 1.54) is 45.0 Å². The summed E-state index contributed by atoms with van der Waals surface area (Å²) in [6, 6.07) is 45.6. The summed E-state index contributed by atoms with van der Waals surface area (Å²) in [5.74, 6) is 2.53. The number of benzene rings is 5. The summed E-state index contributed by atoms with van der Waals surface area (Å²) < 4.78 is 0. The van der Waals surface area contributed by atoms with Gasteiger partial charge in [-0.3, -0.25) is 0 Å². The third-order valence-corrected chi connectivity index (χ3v) is 8.72. The fraction of sp³-hybridized carbons (Fsp3) is 0.348. The predicted octanol–water partition coefficient (Wildman–Crippen LogP) is 13.4. The molecule has 0 radical (unpaired) electrons. The van der Waals surface area contributed by atoms with Gasteiger partial charge >= 0.3 is 0 Å². The summed E-state index contributed by atoms with van der Waals surface area (Å²) in [5, 5.41) is 0. The molecule has 5 aromatic rings. The van der Waals surface area contributed by atoms with Crippen LogP contribution in [0.1, 0.15) is 77.6 Å². The summed E-state index contributed by atoms with van der Waals surface area (Å²) in [6.07, 6.45) is 4.36. The number of hydrogen-bond acceptors (Lipinski definition) is 2. The van der Waals surface area contributed by atoms with Crippen molar-refractivity contribution in [3.8, 4) is 0 Å². The maximum absolute atomic E-state index is 2.38. The monoisotopic (exact) mass is 636 g/mol. The fourth-order valence-electron chi connectivity index (χ4n) is 6.66. The summed E-state index contributed by atoms with van der Waals surface area (Å²) >= 11 is 0. The van der Waals surface area contributed by atoms with Crippen LogP contribution in [0.15, 0.2) is 121 Å². The van der Waals surface area contributed by atoms with Crippen LogP contribution >= 0.6 is 0 Å². The Morgan fingerprint density at radius 1 is 0.271 bits per heavy atom. The Bertz CT molecular complexity index is 1440. The molecule has 5 aromatic carbocycles. The molecule has 0 amide bonds. The Morgan fingerprint density at radius 3 is 0.562 bits per heavy atom. The highest BCUT2D eigenvalue weighted by Gasteiger charge is 2.17. The third-order valence-electron chi connectivity index (χ3n) is 8.72. The van der Waals surface area contributed by atoms with Crippen LogP contribution in [0.4, 0.5) is 34.1 Å².